The summed E-state index contributed by atoms with van der Waals surface area (Å²) in [6.07, 6.45) is 1.69. The molecule has 1 aromatic heterocycles. The zero-order chi connectivity index (χ0) is 14.0. The Morgan fingerprint density at radius 1 is 1.47 bits per heavy atom. The van der Waals surface area contributed by atoms with Gasteiger partial charge in [0.15, 0.2) is 11.6 Å². The maximum atomic E-state index is 13.5. The van der Waals surface area contributed by atoms with Gasteiger partial charge in [-0.15, -0.1) is 0 Å². The molecule has 19 heavy (non-hydrogen) atoms. The summed E-state index contributed by atoms with van der Waals surface area (Å²) in [7, 11) is 3.13. The van der Waals surface area contributed by atoms with Crippen LogP contribution < -0.4 is 10.1 Å². The Balaban J connectivity index is 2.20. The molecule has 5 nitrogen and oxygen atoms in total. The monoisotopic (exact) mass is 263 g/mol. The molecule has 1 N–H and O–H groups in total. The van der Waals surface area contributed by atoms with E-state index in [0.717, 1.165) is 6.07 Å². The van der Waals surface area contributed by atoms with Crippen molar-refractivity contribution in [2.75, 3.05) is 12.4 Å². The molecule has 1 aromatic carbocycles. The van der Waals surface area contributed by atoms with Crippen molar-refractivity contribution in [3.8, 4) is 5.75 Å². The first kappa shape index (κ1) is 13.1. The number of nitrogens with zero attached hydrogens (tertiary/aromatic N) is 2. The van der Waals surface area contributed by atoms with E-state index in [9.17, 15) is 9.18 Å². The van der Waals surface area contributed by atoms with Crippen molar-refractivity contribution >= 4 is 11.6 Å². The topological polar surface area (TPSA) is 56.1 Å². The largest absolute Gasteiger partial charge is 0.494 e. The van der Waals surface area contributed by atoms with Gasteiger partial charge in [-0.3, -0.25) is 9.48 Å². The summed E-state index contributed by atoms with van der Waals surface area (Å²) in [6, 6.07) is 4.06. The molecule has 0 saturated carbocycles. The molecule has 0 unspecified atom stereocenters. The molecular formula is C13H14FN3O2. The van der Waals surface area contributed by atoms with Gasteiger partial charge >= 0.3 is 0 Å². The van der Waals surface area contributed by atoms with E-state index < -0.39 is 11.7 Å². The van der Waals surface area contributed by atoms with Crippen molar-refractivity contribution in [2.45, 2.75) is 6.92 Å². The molecular weight excluding hydrogens is 249 g/mol. The highest BCUT2D eigenvalue weighted by molar-refractivity contribution is 6.04. The molecule has 1 amide bonds. The highest BCUT2D eigenvalue weighted by Crippen LogP contribution is 2.19. The minimum Gasteiger partial charge on any atom is -0.494 e. The summed E-state index contributed by atoms with van der Waals surface area (Å²) < 4.78 is 19.9. The van der Waals surface area contributed by atoms with Crippen LogP contribution in [-0.4, -0.2) is 22.8 Å². The number of hydrogen-bond acceptors (Lipinski definition) is 3. The molecule has 0 atom stereocenters. The van der Waals surface area contributed by atoms with Crippen LogP contribution in [0.25, 0.3) is 0 Å². The smallest absolute Gasteiger partial charge is 0.255 e. The lowest BCUT2D eigenvalue weighted by molar-refractivity contribution is 0.102. The first-order chi connectivity index (χ1) is 9.01. The summed E-state index contributed by atoms with van der Waals surface area (Å²) in [5.74, 6) is -0.857. The molecule has 6 heteroatoms. The molecule has 0 radical (unpaired) electrons. The highest BCUT2D eigenvalue weighted by atomic mass is 19.1. The van der Waals surface area contributed by atoms with Gasteiger partial charge < -0.3 is 10.1 Å². The summed E-state index contributed by atoms with van der Waals surface area (Å²) in [4.78, 5) is 12.0. The molecule has 1 heterocycles. The second kappa shape index (κ2) is 5.09. The van der Waals surface area contributed by atoms with Gasteiger partial charge in [0, 0.05) is 18.8 Å². The van der Waals surface area contributed by atoms with Gasteiger partial charge in [0.25, 0.3) is 5.91 Å². The number of hydrogen-bond donors (Lipinski definition) is 1. The van der Waals surface area contributed by atoms with Gasteiger partial charge in [-0.05, 0) is 25.1 Å². The van der Waals surface area contributed by atoms with Gasteiger partial charge in [-0.2, -0.15) is 5.10 Å². The number of rotatable bonds is 3. The van der Waals surface area contributed by atoms with Crippen LogP contribution in [0.1, 0.15) is 16.1 Å². The summed E-state index contributed by atoms with van der Waals surface area (Å²) in [5, 5.41) is 6.79. The van der Waals surface area contributed by atoms with Crippen molar-refractivity contribution < 1.29 is 13.9 Å². The number of carbonyl (C=O) groups excluding carboxylic acids is 1. The third kappa shape index (κ3) is 2.73. The Bertz CT molecular complexity index is 622. The Morgan fingerprint density at radius 3 is 2.74 bits per heavy atom. The van der Waals surface area contributed by atoms with Crippen LogP contribution in [0.15, 0.2) is 24.4 Å². The lowest BCUT2D eigenvalue weighted by Gasteiger charge is -2.06. The first-order valence-electron chi connectivity index (χ1n) is 5.66. The molecule has 100 valence electrons. The van der Waals surface area contributed by atoms with Crippen molar-refractivity contribution in [1.82, 2.24) is 9.78 Å². The molecule has 0 fully saturated rings. The van der Waals surface area contributed by atoms with Gasteiger partial charge in [-0.25, -0.2) is 4.39 Å². The third-order valence-corrected chi connectivity index (χ3v) is 2.68. The van der Waals surface area contributed by atoms with E-state index in [1.807, 2.05) is 0 Å². The predicted molar refractivity (Wildman–Crippen MR) is 68.9 cm³/mol. The minimum atomic E-state index is -0.571. The van der Waals surface area contributed by atoms with Crippen LogP contribution in [0.5, 0.6) is 5.75 Å². The van der Waals surface area contributed by atoms with E-state index in [2.05, 4.69) is 10.4 Å². The molecule has 0 aliphatic rings. The second-order valence-electron chi connectivity index (χ2n) is 4.11. The zero-order valence-electron chi connectivity index (χ0n) is 10.9. The van der Waals surface area contributed by atoms with Crippen LogP contribution in [0.4, 0.5) is 10.1 Å². The number of amides is 1. The molecule has 2 aromatic rings. The van der Waals surface area contributed by atoms with Crippen LogP contribution in [0, 0.1) is 12.7 Å². The zero-order valence-corrected chi connectivity index (χ0v) is 10.9. The quantitative estimate of drug-likeness (QED) is 0.923. The summed E-state index contributed by atoms with van der Waals surface area (Å²) in [5.41, 5.74) is 1.52. The van der Waals surface area contributed by atoms with E-state index in [0.29, 0.717) is 11.4 Å². The normalized spacial score (nSPS) is 10.3. The van der Waals surface area contributed by atoms with Crippen LogP contribution in [-0.2, 0) is 7.05 Å². The summed E-state index contributed by atoms with van der Waals surface area (Å²) >= 11 is 0. The van der Waals surface area contributed by atoms with E-state index in [1.54, 1.807) is 24.9 Å². The van der Waals surface area contributed by atoms with Gasteiger partial charge in [0.05, 0.1) is 18.5 Å². The van der Waals surface area contributed by atoms with Crippen LogP contribution in [0.3, 0.4) is 0 Å². The van der Waals surface area contributed by atoms with Crippen molar-refractivity contribution in [3.63, 3.8) is 0 Å². The molecule has 2 rings (SSSR count). The number of halogens is 1. The predicted octanol–water partition coefficient (Wildman–Crippen LogP) is 2.13. The average molecular weight is 263 g/mol. The lowest BCUT2D eigenvalue weighted by Crippen LogP contribution is -2.12. The fourth-order valence-electron chi connectivity index (χ4n) is 1.72. The van der Waals surface area contributed by atoms with Gasteiger partial charge in [0.2, 0.25) is 0 Å². The Kier molecular flexibility index (Phi) is 3.50. The number of aryl methyl sites for hydroxylation is 2. The standard InChI is InChI=1S/C13H14FN3O2/c1-8-11(7-17(2)16-8)15-13(18)9-4-5-12(19-3)10(14)6-9/h4-7H,1-3H3,(H,15,18). The van der Waals surface area contributed by atoms with E-state index in [1.165, 1.54) is 19.2 Å². The molecule has 0 aliphatic carbocycles. The third-order valence-electron chi connectivity index (χ3n) is 2.68. The SMILES string of the molecule is COc1ccc(C(=O)Nc2cn(C)nc2C)cc1F. The molecule has 0 aliphatic heterocycles. The Labute approximate surface area is 110 Å². The van der Waals surface area contributed by atoms with Crippen LogP contribution in [0.2, 0.25) is 0 Å². The summed E-state index contributed by atoms with van der Waals surface area (Å²) in [6.45, 7) is 1.78. The fourth-order valence-corrected chi connectivity index (χ4v) is 1.72. The number of benzene rings is 1. The Hall–Kier alpha value is -2.37. The average Bonchev–Trinajstić information content (AvgIpc) is 2.67. The van der Waals surface area contributed by atoms with Crippen molar-refractivity contribution in [1.29, 1.82) is 0 Å². The van der Waals surface area contributed by atoms with Gasteiger partial charge in [-0.1, -0.05) is 0 Å². The number of aromatic nitrogens is 2. The molecule has 0 bridgehead atoms. The van der Waals surface area contributed by atoms with Crippen molar-refractivity contribution in [2.24, 2.45) is 7.05 Å². The number of carbonyl (C=O) groups is 1. The number of anilines is 1. The lowest BCUT2D eigenvalue weighted by atomic mass is 10.2. The van der Waals surface area contributed by atoms with E-state index in [-0.39, 0.29) is 11.3 Å². The van der Waals surface area contributed by atoms with E-state index in [4.69, 9.17) is 4.74 Å². The van der Waals surface area contributed by atoms with Gasteiger partial charge in [0.1, 0.15) is 0 Å². The highest BCUT2D eigenvalue weighted by Gasteiger charge is 2.12. The Morgan fingerprint density at radius 2 is 2.21 bits per heavy atom. The van der Waals surface area contributed by atoms with E-state index >= 15 is 0 Å². The number of nitrogens with one attached hydrogen (secondary N) is 1. The molecule has 0 spiro atoms. The fraction of sp³-hybridized carbons (Fsp3) is 0.231. The number of ether oxygens (including phenoxy) is 1. The first-order valence-corrected chi connectivity index (χ1v) is 5.66. The molecule has 0 saturated heterocycles. The maximum Gasteiger partial charge on any atom is 0.255 e. The maximum absolute atomic E-state index is 13.5. The van der Waals surface area contributed by atoms with Crippen molar-refractivity contribution in [3.05, 3.63) is 41.5 Å². The number of methoxy groups -OCH3 is 1. The van der Waals surface area contributed by atoms with Crippen LogP contribution >= 0.6 is 0 Å². The minimum absolute atomic E-state index is 0.106. The second-order valence-corrected chi connectivity index (χ2v) is 4.11.